The third-order valence-electron chi connectivity index (χ3n) is 3.30. The van der Waals surface area contributed by atoms with E-state index in [1.807, 2.05) is 6.92 Å². The topological polar surface area (TPSA) is 9.23 Å². The zero-order valence-corrected chi connectivity index (χ0v) is 9.36. The summed E-state index contributed by atoms with van der Waals surface area (Å²) in [5, 5.41) is 0. The molecule has 1 saturated carbocycles. The number of alkyl halides is 3. The summed E-state index contributed by atoms with van der Waals surface area (Å²) in [5.74, 6) is -0.357. The van der Waals surface area contributed by atoms with Gasteiger partial charge in [-0.2, -0.15) is 13.2 Å². The van der Waals surface area contributed by atoms with Crippen LogP contribution in [-0.4, -0.2) is 18.4 Å². The molecule has 0 aromatic heterocycles. The van der Waals surface area contributed by atoms with Crippen molar-refractivity contribution in [2.24, 2.45) is 5.92 Å². The molecule has 1 rings (SSSR count). The van der Waals surface area contributed by atoms with Crippen LogP contribution in [0.1, 0.15) is 46.0 Å². The summed E-state index contributed by atoms with van der Waals surface area (Å²) in [4.78, 5) is 0. The molecule has 1 atom stereocenters. The van der Waals surface area contributed by atoms with E-state index < -0.39 is 11.8 Å². The molecule has 15 heavy (non-hydrogen) atoms. The molecule has 0 N–H and O–H groups in total. The normalized spacial score (nSPS) is 23.0. The van der Waals surface area contributed by atoms with Gasteiger partial charge in [0.2, 0.25) is 0 Å². The average Bonchev–Trinajstić information content (AvgIpc) is 2.65. The van der Waals surface area contributed by atoms with Crippen LogP contribution >= 0.6 is 0 Å². The second kappa shape index (κ2) is 4.73. The van der Waals surface area contributed by atoms with E-state index in [1.54, 1.807) is 0 Å². The molecular weight excluding hydrogens is 205 g/mol. The molecular formula is C11H19F3O. The van der Waals surface area contributed by atoms with Crippen LogP contribution in [0.4, 0.5) is 13.2 Å². The molecule has 1 aliphatic carbocycles. The Balaban J connectivity index is 2.74. The molecule has 0 heterocycles. The quantitative estimate of drug-likeness (QED) is 0.703. The van der Waals surface area contributed by atoms with Crippen LogP contribution in [-0.2, 0) is 4.74 Å². The maximum atomic E-state index is 13.0. The number of ether oxygens (including phenoxy) is 1. The third kappa shape index (κ3) is 2.65. The highest BCUT2D eigenvalue weighted by atomic mass is 19.4. The Kier molecular flexibility index (Phi) is 4.04. The lowest BCUT2D eigenvalue weighted by Gasteiger charge is -2.37. The fourth-order valence-electron chi connectivity index (χ4n) is 2.22. The summed E-state index contributed by atoms with van der Waals surface area (Å²) >= 11 is 0. The lowest BCUT2D eigenvalue weighted by atomic mass is 9.87. The van der Waals surface area contributed by atoms with Crippen molar-refractivity contribution in [1.82, 2.24) is 0 Å². The maximum absolute atomic E-state index is 13.0. The van der Waals surface area contributed by atoms with Gasteiger partial charge in [-0.1, -0.05) is 19.8 Å². The molecule has 4 heteroatoms. The molecule has 1 nitrogen and oxygen atoms in total. The minimum absolute atomic E-state index is 0.187. The van der Waals surface area contributed by atoms with E-state index in [0.717, 1.165) is 12.8 Å². The molecule has 1 fully saturated rings. The predicted molar refractivity (Wildman–Crippen MR) is 52.7 cm³/mol. The number of rotatable bonds is 4. The van der Waals surface area contributed by atoms with Crippen LogP contribution in [0.25, 0.3) is 0 Å². The van der Waals surface area contributed by atoms with Gasteiger partial charge in [-0.05, 0) is 32.1 Å². The van der Waals surface area contributed by atoms with Gasteiger partial charge in [-0.3, -0.25) is 0 Å². The van der Waals surface area contributed by atoms with E-state index in [2.05, 4.69) is 0 Å². The Morgan fingerprint density at radius 1 is 1.20 bits per heavy atom. The Labute approximate surface area is 89.0 Å². The van der Waals surface area contributed by atoms with Gasteiger partial charge in [0.05, 0.1) is 0 Å². The molecule has 0 aliphatic heterocycles. The summed E-state index contributed by atoms with van der Waals surface area (Å²) in [6.07, 6.45) is -0.563. The van der Waals surface area contributed by atoms with Crippen molar-refractivity contribution in [1.29, 1.82) is 0 Å². The van der Waals surface area contributed by atoms with E-state index in [0.29, 0.717) is 19.3 Å². The molecule has 0 radical (unpaired) electrons. The lowest BCUT2D eigenvalue weighted by Crippen LogP contribution is -2.50. The molecule has 0 aromatic carbocycles. The number of halogens is 3. The summed E-state index contributed by atoms with van der Waals surface area (Å²) < 4.78 is 44.0. The Bertz CT molecular complexity index is 196. The predicted octanol–water partition coefficient (Wildman–Crippen LogP) is 3.92. The zero-order valence-electron chi connectivity index (χ0n) is 9.36. The van der Waals surface area contributed by atoms with Crippen molar-refractivity contribution in [2.75, 3.05) is 6.61 Å². The number of hydrogen-bond acceptors (Lipinski definition) is 1. The molecule has 0 saturated heterocycles. The van der Waals surface area contributed by atoms with E-state index in [1.165, 1.54) is 6.92 Å². The maximum Gasteiger partial charge on any atom is 0.417 e. The molecule has 90 valence electrons. The van der Waals surface area contributed by atoms with Crippen LogP contribution in [0.15, 0.2) is 0 Å². The molecule has 1 aliphatic rings. The monoisotopic (exact) mass is 224 g/mol. The van der Waals surface area contributed by atoms with Crippen molar-refractivity contribution < 1.29 is 17.9 Å². The SMILES string of the molecule is CCCOC(C)(C1CCCC1)C(F)(F)F. The van der Waals surface area contributed by atoms with Gasteiger partial charge in [0.15, 0.2) is 5.60 Å². The smallest absolute Gasteiger partial charge is 0.366 e. The van der Waals surface area contributed by atoms with Gasteiger partial charge in [0, 0.05) is 6.61 Å². The van der Waals surface area contributed by atoms with Crippen LogP contribution < -0.4 is 0 Å². The second-order valence-corrected chi connectivity index (χ2v) is 4.43. The molecule has 0 aromatic rings. The van der Waals surface area contributed by atoms with Crippen molar-refractivity contribution in [3.05, 3.63) is 0 Å². The van der Waals surface area contributed by atoms with Crippen LogP contribution in [0.2, 0.25) is 0 Å². The van der Waals surface area contributed by atoms with Gasteiger partial charge >= 0.3 is 6.18 Å². The Morgan fingerprint density at radius 2 is 1.73 bits per heavy atom. The first-order valence-electron chi connectivity index (χ1n) is 5.62. The van der Waals surface area contributed by atoms with E-state index in [-0.39, 0.29) is 12.5 Å². The fourth-order valence-corrected chi connectivity index (χ4v) is 2.22. The van der Waals surface area contributed by atoms with Crippen molar-refractivity contribution in [3.63, 3.8) is 0 Å². The molecule has 1 unspecified atom stereocenters. The Morgan fingerprint density at radius 3 is 2.13 bits per heavy atom. The summed E-state index contributed by atoms with van der Waals surface area (Å²) in [6.45, 7) is 3.22. The average molecular weight is 224 g/mol. The second-order valence-electron chi connectivity index (χ2n) is 4.43. The first-order valence-corrected chi connectivity index (χ1v) is 5.62. The van der Waals surface area contributed by atoms with Crippen LogP contribution in [0.3, 0.4) is 0 Å². The highest BCUT2D eigenvalue weighted by molar-refractivity contribution is 4.93. The van der Waals surface area contributed by atoms with Gasteiger partial charge in [0.25, 0.3) is 0 Å². The van der Waals surface area contributed by atoms with Crippen molar-refractivity contribution in [2.45, 2.75) is 57.7 Å². The third-order valence-corrected chi connectivity index (χ3v) is 3.30. The van der Waals surface area contributed by atoms with Gasteiger partial charge < -0.3 is 4.74 Å². The lowest BCUT2D eigenvalue weighted by molar-refractivity contribution is -0.289. The first-order chi connectivity index (χ1) is 6.92. The largest absolute Gasteiger partial charge is 0.417 e. The highest BCUT2D eigenvalue weighted by Gasteiger charge is 2.57. The van der Waals surface area contributed by atoms with E-state index in [4.69, 9.17) is 4.74 Å². The summed E-state index contributed by atoms with van der Waals surface area (Å²) in [5.41, 5.74) is -1.93. The van der Waals surface area contributed by atoms with Gasteiger partial charge in [-0.15, -0.1) is 0 Å². The zero-order chi connectivity index (χ0) is 11.5. The van der Waals surface area contributed by atoms with E-state index >= 15 is 0 Å². The molecule has 0 spiro atoms. The minimum Gasteiger partial charge on any atom is -0.366 e. The van der Waals surface area contributed by atoms with Crippen molar-refractivity contribution >= 4 is 0 Å². The van der Waals surface area contributed by atoms with Crippen LogP contribution in [0, 0.1) is 5.92 Å². The summed E-state index contributed by atoms with van der Waals surface area (Å²) in [7, 11) is 0. The minimum atomic E-state index is -4.25. The molecule has 0 amide bonds. The Hall–Kier alpha value is -0.250. The van der Waals surface area contributed by atoms with Crippen molar-refractivity contribution in [3.8, 4) is 0 Å². The standard InChI is InChI=1S/C11H19F3O/c1-3-8-15-10(2,11(12,13)14)9-6-4-5-7-9/h9H,3-8H2,1-2H3. The number of hydrogen-bond donors (Lipinski definition) is 0. The fraction of sp³-hybridized carbons (Fsp3) is 1.00. The molecule has 0 bridgehead atoms. The van der Waals surface area contributed by atoms with Gasteiger partial charge in [0.1, 0.15) is 0 Å². The summed E-state index contributed by atoms with van der Waals surface area (Å²) in [6, 6.07) is 0. The van der Waals surface area contributed by atoms with Gasteiger partial charge in [-0.25, -0.2) is 0 Å². The first kappa shape index (κ1) is 12.8. The van der Waals surface area contributed by atoms with Crippen LogP contribution in [0.5, 0.6) is 0 Å². The van der Waals surface area contributed by atoms with E-state index in [9.17, 15) is 13.2 Å². The highest BCUT2D eigenvalue weighted by Crippen LogP contribution is 2.46.